The molecule has 2 aromatic carbocycles. The quantitative estimate of drug-likeness (QED) is 0.556. The molecule has 0 aromatic heterocycles. The fourth-order valence-electron chi connectivity index (χ4n) is 3.89. The molecule has 132 valence electrons. The van der Waals surface area contributed by atoms with Crippen LogP contribution in [0.4, 0.5) is 5.69 Å². The Morgan fingerprint density at radius 3 is 2.38 bits per heavy atom. The van der Waals surface area contributed by atoms with Crippen LogP contribution in [0.1, 0.15) is 37.2 Å². The van der Waals surface area contributed by atoms with Crippen LogP contribution in [0.25, 0.3) is 0 Å². The van der Waals surface area contributed by atoms with Gasteiger partial charge in [0.15, 0.2) is 5.78 Å². The molecule has 0 spiro atoms. The van der Waals surface area contributed by atoms with E-state index in [9.17, 15) is 9.59 Å². The van der Waals surface area contributed by atoms with Gasteiger partial charge in [-0.1, -0.05) is 40.2 Å². The van der Waals surface area contributed by atoms with Crippen molar-refractivity contribution in [1.29, 1.82) is 0 Å². The zero-order valence-electron chi connectivity index (χ0n) is 14.0. The van der Waals surface area contributed by atoms with E-state index in [1.165, 1.54) is 0 Å². The van der Waals surface area contributed by atoms with Crippen molar-refractivity contribution in [3.05, 3.63) is 74.3 Å². The molecule has 0 saturated heterocycles. The lowest BCUT2D eigenvalue weighted by Gasteiger charge is -2.38. The number of nitrogens with zero attached hydrogens (tertiary/aromatic N) is 1. The van der Waals surface area contributed by atoms with E-state index in [1.807, 2.05) is 48.5 Å². The number of halogens is 2. The molecule has 1 aliphatic heterocycles. The molecule has 2 aromatic rings. The highest BCUT2D eigenvalue weighted by atomic mass is 79.9. The summed E-state index contributed by atoms with van der Waals surface area (Å²) in [6.45, 7) is 0. The summed E-state index contributed by atoms with van der Waals surface area (Å²) in [5.74, 6) is 0.0547. The predicted molar refractivity (Wildman–Crippen MR) is 109 cm³/mol. The minimum absolute atomic E-state index is 0.0401. The number of amides is 1. The highest BCUT2D eigenvalue weighted by Crippen LogP contribution is 2.44. The molecule has 0 bridgehead atoms. The zero-order valence-corrected chi connectivity index (χ0v) is 17.2. The van der Waals surface area contributed by atoms with Crippen molar-refractivity contribution in [2.75, 3.05) is 4.90 Å². The standard InChI is InChI=1S/C21H17Br2NO2/c22-14-10-8-13(9-11-14)15-12-20(26)24(17-5-2-1-4-16(17)23)18-6-3-7-19(25)21(15)18/h1-2,4-5,8-11,15H,3,6-7,12H2. The van der Waals surface area contributed by atoms with E-state index < -0.39 is 0 Å². The third-order valence-corrected chi connectivity index (χ3v) is 6.24. The molecule has 26 heavy (non-hydrogen) atoms. The molecule has 4 rings (SSSR count). The number of rotatable bonds is 2. The molecule has 1 amide bonds. The molecule has 0 N–H and O–H groups in total. The average Bonchev–Trinajstić information content (AvgIpc) is 2.63. The van der Waals surface area contributed by atoms with E-state index in [0.29, 0.717) is 12.8 Å². The van der Waals surface area contributed by atoms with Gasteiger partial charge in [0.2, 0.25) is 5.91 Å². The van der Waals surface area contributed by atoms with Crippen molar-refractivity contribution in [3.63, 3.8) is 0 Å². The molecule has 1 aliphatic carbocycles. The van der Waals surface area contributed by atoms with Crippen LogP contribution in [-0.2, 0) is 9.59 Å². The second kappa shape index (κ2) is 7.12. The van der Waals surface area contributed by atoms with E-state index in [0.717, 1.165) is 44.3 Å². The van der Waals surface area contributed by atoms with E-state index in [1.54, 1.807) is 4.90 Å². The maximum atomic E-state index is 13.1. The summed E-state index contributed by atoms with van der Waals surface area (Å²) in [5, 5.41) is 0. The number of carbonyl (C=O) groups is 2. The van der Waals surface area contributed by atoms with Gasteiger partial charge in [0.05, 0.1) is 5.69 Å². The minimum Gasteiger partial charge on any atom is -0.294 e. The number of Topliss-reactive ketones (excluding diaryl/α,β-unsaturated/α-hetero) is 1. The molecule has 0 fully saturated rings. The SMILES string of the molecule is O=C1CCCC2=C1C(c1ccc(Br)cc1)CC(=O)N2c1ccccc1Br. The number of hydrogen-bond donors (Lipinski definition) is 0. The normalized spacial score (nSPS) is 20.4. The van der Waals surface area contributed by atoms with Crippen molar-refractivity contribution < 1.29 is 9.59 Å². The Morgan fingerprint density at radius 1 is 0.923 bits per heavy atom. The number of benzene rings is 2. The first-order valence-electron chi connectivity index (χ1n) is 8.65. The highest BCUT2D eigenvalue weighted by Gasteiger charge is 2.40. The Hall–Kier alpha value is -1.72. The van der Waals surface area contributed by atoms with Crippen LogP contribution in [0, 0.1) is 0 Å². The average molecular weight is 475 g/mol. The van der Waals surface area contributed by atoms with Gasteiger partial charge in [-0.05, 0) is 58.6 Å². The monoisotopic (exact) mass is 473 g/mol. The van der Waals surface area contributed by atoms with E-state index >= 15 is 0 Å². The Bertz CT molecular complexity index is 918. The predicted octanol–water partition coefficient (Wildman–Crippen LogP) is 5.74. The van der Waals surface area contributed by atoms with Gasteiger partial charge in [0.25, 0.3) is 0 Å². The number of hydrogen-bond acceptors (Lipinski definition) is 2. The molecular weight excluding hydrogens is 458 g/mol. The number of ketones is 1. The first kappa shape index (κ1) is 17.7. The van der Waals surface area contributed by atoms with Crippen molar-refractivity contribution in [2.45, 2.75) is 31.6 Å². The van der Waals surface area contributed by atoms with Crippen molar-refractivity contribution in [3.8, 4) is 0 Å². The van der Waals surface area contributed by atoms with Crippen LogP contribution in [0.3, 0.4) is 0 Å². The molecular formula is C21H17Br2NO2. The summed E-state index contributed by atoms with van der Waals surface area (Å²) in [6, 6.07) is 15.6. The first-order chi connectivity index (χ1) is 12.6. The fourth-order valence-corrected chi connectivity index (χ4v) is 4.61. The van der Waals surface area contributed by atoms with Crippen molar-refractivity contribution in [1.82, 2.24) is 0 Å². The molecule has 0 saturated carbocycles. The number of allylic oxidation sites excluding steroid dienone is 2. The first-order valence-corrected chi connectivity index (χ1v) is 10.2. The van der Waals surface area contributed by atoms with Gasteiger partial charge in [0.1, 0.15) is 0 Å². The summed E-state index contributed by atoms with van der Waals surface area (Å²) in [4.78, 5) is 27.7. The second-order valence-corrected chi connectivity index (χ2v) is 8.40. The lowest BCUT2D eigenvalue weighted by atomic mass is 9.77. The van der Waals surface area contributed by atoms with Gasteiger partial charge in [-0.15, -0.1) is 0 Å². The Balaban J connectivity index is 1.87. The zero-order chi connectivity index (χ0) is 18.3. The Labute approximate surface area is 169 Å². The molecule has 0 radical (unpaired) electrons. The minimum atomic E-state index is -0.155. The van der Waals surface area contributed by atoms with Crippen LogP contribution < -0.4 is 4.90 Å². The van der Waals surface area contributed by atoms with Gasteiger partial charge in [-0.2, -0.15) is 0 Å². The van der Waals surface area contributed by atoms with Crippen molar-refractivity contribution in [2.24, 2.45) is 0 Å². The summed E-state index contributed by atoms with van der Waals surface area (Å²) in [6.07, 6.45) is 2.41. The highest BCUT2D eigenvalue weighted by molar-refractivity contribution is 9.10. The van der Waals surface area contributed by atoms with Crippen LogP contribution in [0.2, 0.25) is 0 Å². The number of carbonyl (C=O) groups excluding carboxylic acids is 2. The van der Waals surface area contributed by atoms with Crippen molar-refractivity contribution >= 4 is 49.2 Å². The lowest BCUT2D eigenvalue weighted by molar-refractivity contribution is -0.119. The van der Waals surface area contributed by atoms with Crippen LogP contribution >= 0.6 is 31.9 Å². The fraction of sp³-hybridized carbons (Fsp3) is 0.238. The number of para-hydroxylation sites is 1. The summed E-state index contributed by atoms with van der Waals surface area (Å²) in [5.41, 5.74) is 3.52. The molecule has 1 heterocycles. The Morgan fingerprint density at radius 2 is 1.65 bits per heavy atom. The Kier molecular flexibility index (Phi) is 4.84. The summed E-state index contributed by atoms with van der Waals surface area (Å²) >= 11 is 7.00. The molecule has 1 atom stereocenters. The van der Waals surface area contributed by atoms with Gasteiger partial charge >= 0.3 is 0 Å². The van der Waals surface area contributed by atoms with E-state index in [2.05, 4.69) is 31.9 Å². The van der Waals surface area contributed by atoms with Gasteiger partial charge in [0, 0.05) is 39.0 Å². The van der Waals surface area contributed by atoms with Gasteiger partial charge in [-0.25, -0.2) is 0 Å². The maximum absolute atomic E-state index is 13.1. The van der Waals surface area contributed by atoms with E-state index in [4.69, 9.17) is 0 Å². The smallest absolute Gasteiger partial charge is 0.232 e. The molecule has 2 aliphatic rings. The third kappa shape index (κ3) is 3.08. The third-order valence-electron chi connectivity index (χ3n) is 5.04. The summed E-state index contributed by atoms with van der Waals surface area (Å²) < 4.78 is 1.85. The van der Waals surface area contributed by atoms with Gasteiger partial charge in [-0.3, -0.25) is 14.5 Å². The topological polar surface area (TPSA) is 37.4 Å². The van der Waals surface area contributed by atoms with Crippen LogP contribution in [0.5, 0.6) is 0 Å². The molecule has 5 heteroatoms. The molecule has 3 nitrogen and oxygen atoms in total. The van der Waals surface area contributed by atoms with Crippen LogP contribution in [-0.4, -0.2) is 11.7 Å². The maximum Gasteiger partial charge on any atom is 0.232 e. The summed E-state index contributed by atoms with van der Waals surface area (Å²) in [7, 11) is 0. The van der Waals surface area contributed by atoms with Gasteiger partial charge < -0.3 is 0 Å². The van der Waals surface area contributed by atoms with Crippen LogP contribution in [0.15, 0.2) is 68.7 Å². The lowest BCUT2D eigenvalue weighted by Crippen LogP contribution is -2.40. The largest absolute Gasteiger partial charge is 0.294 e. The molecule has 1 unspecified atom stereocenters. The number of anilines is 1. The second-order valence-electron chi connectivity index (χ2n) is 6.63. The van der Waals surface area contributed by atoms with E-state index in [-0.39, 0.29) is 17.6 Å².